The quantitative estimate of drug-likeness (QED) is 0.704. The van der Waals surface area contributed by atoms with E-state index in [2.05, 4.69) is 22.5 Å². The molecule has 1 aromatic rings. The van der Waals surface area contributed by atoms with Crippen LogP contribution in [0.2, 0.25) is 0 Å². The lowest BCUT2D eigenvalue weighted by atomic mass is 9.87. The van der Waals surface area contributed by atoms with E-state index in [4.69, 9.17) is 12.2 Å². The van der Waals surface area contributed by atoms with Gasteiger partial charge in [0.2, 0.25) is 5.91 Å². The van der Waals surface area contributed by atoms with Crippen molar-refractivity contribution in [2.24, 2.45) is 5.92 Å². The summed E-state index contributed by atoms with van der Waals surface area (Å²) >= 11 is 5.45. The number of hydrogen-bond donors (Lipinski definition) is 2. The number of rotatable bonds is 5. The van der Waals surface area contributed by atoms with Crippen molar-refractivity contribution in [3.05, 3.63) is 35.9 Å². The van der Waals surface area contributed by atoms with Crippen LogP contribution in [-0.4, -0.2) is 65.0 Å². The van der Waals surface area contributed by atoms with Gasteiger partial charge in [0.25, 0.3) is 5.91 Å². The number of carbonyl (C=O) groups excluding carboxylic acids is 2. The molecule has 0 unspecified atom stereocenters. The van der Waals surface area contributed by atoms with Crippen molar-refractivity contribution < 1.29 is 9.59 Å². The number of nitrogens with one attached hydrogen (secondary N) is 2. The van der Waals surface area contributed by atoms with Gasteiger partial charge < -0.3 is 20.4 Å². The van der Waals surface area contributed by atoms with Crippen molar-refractivity contribution in [2.45, 2.75) is 58.0 Å². The van der Waals surface area contributed by atoms with Crippen LogP contribution in [-0.2, 0) is 4.79 Å². The fraction of sp³-hybridized carbons (Fsp3) is 0.609. The first-order chi connectivity index (χ1) is 14.5. The first-order valence-corrected chi connectivity index (χ1v) is 11.6. The highest BCUT2D eigenvalue weighted by Crippen LogP contribution is 2.25. The zero-order valence-corrected chi connectivity index (χ0v) is 18.9. The van der Waals surface area contributed by atoms with E-state index < -0.39 is 6.04 Å². The molecule has 0 bridgehead atoms. The van der Waals surface area contributed by atoms with Crippen LogP contribution in [0.25, 0.3) is 0 Å². The van der Waals surface area contributed by atoms with E-state index in [1.807, 2.05) is 30.0 Å². The van der Waals surface area contributed by atoms with Crippen molar-refractivity contribution in [3.8, 4) is 0 Å². The summed E-state index contributed by atoms with van der Waals surface area (Å²) in [6.45, 7) is 7.34. The molecule has 3 rings (SSSR count). The Kier molecular flexibility index (Phi) is 8.08. The summed E-state index contributed by atoms with van der Waals surface area (Å²) in [7, 11) is 0. The van der Waals surface area contributed by atoms with Gasteiger partial charge in [0.15, 0.2) is 5.11 Å². The van der Waals surface area contributed by atoms with Gasteiger partial charge in [-0.3, -0.25) is 9.59 Å². The molecule has 2 saturated heterocycles. The number of amides is 2. The summed E-state index contributed by atoms with van der Waals surface area (Å²) < 4.78 is 0. The van der Waals surface area contributed by atoms with Crippen LogP contribution in [0.4, 0.5) is 0 Å². The Morgan fingerprint density at radius 1 is 1.10 bits per heavy atom. The molecule has 2 aliphatic heterocycles. The van der Waals surface area contributed by atoms with Crippen LogP contribution in [0.3, 0.4) is 0 Å². The molecular weight excluding hydrogens is 396 g/mol. The molecule has 2 aliphatic rings. The van der Waals surface area contributed by atoms with Crippen LogP contribution in [0.5, 0.6) is 0 Å². The molecule has 1 aromatic carbocycles. The van der Waals surface area contributed by atoms with Crippen molar-refractivity contribution in [1.82, 2.24) is 20.4 Å². The van der Waals surface area contributed by atoms with Gasteiger partial charge in [-0.2, -0.15) is 0 Å². The van der Waals surface area contributed by atoms with Gasteiger partial charge in [-0.15, -0.1) is 0 Å². The van der Waals surface area contributed by atoms with E-state index in [0.29, 0.717) is 5.56 Å². The van der Waals surface area contributed by atoms with Gasteiger partial charge in [-0.1, -0.05) is 18.2 Å². The van der Waals surface area contributed by atoms with E-state index in [1.165, 1.54) is 0 Å². The third-order valence-corrected chi connectivity index (χ3v) is 6.70. The van der Waals surface area contributed by atoms with Crippen LogP contribution in [0, 0.1) is 5.92 Å². The van der Waals surface area contributed by atoms with Crippen molar-refractivity contribution in [2.75, 3.05) is 26.2 Å². The number of hydrogen-bond acceptors (Lipinski definition) is 3. The number of carbonyl (C=O) groups is 2. The number of thiocarbonyl (C=S) groups is 1. The highest BCUT2D eigenvalue weighted by molar-refractivity contribution is 7.80. The highest BCUT2D eigenvalue weighted by atomic mass is 32.1. The normalized spacial score (nSPS) is 21.1. The van der Waals surface area contributed by atoms with Gasteiger partial charge in [0, 0.05) is 37.8 Å². The highest BCUT2D eigenvalue weighted by Gasteiger charge is 2.37. The number of nitrogens with zero attached hydrogens (tertiary/aromatic N) is 2. The summed E-state index contributed by atoms with van der Waals surface area (Å²) in [4.78, 5) is 30.6. The smallest absolute Gasteiger partial charge is 0.251 e. The maximum atomic E-state index is 13.6. The van der Waals surface area contributed by atoms with Gasteiger partial charge in [0.05, 0.1) is 0 Å². The fourth-order valence-electron chi connectivity index (χ4n) is 4.50. The Bertz CT molecular complexity index is 734. The third kappa shape index (κ3) is 5.50. The summed E-state index contributed by atoms with van der Waals surface area (Å²) in [5.74, 6) is 0.00312. The Morgan fingerprint density at radius 3 is 2.43 bits per heavy atom. The maximum Gasteiger partial charge on any atom is 0.251 e. The molecule has 164 valence electrons. The first kappa shape index (κ1) is 22.5. The van der Waals surface area contributed by atoms with E-state index in [0.717, 1.165) is 63.4 Å². The molecule has 2 atom stereocenters. The second kappa shape index (κ2) is 10.8. The van der Waals surface area contributed by atoms with Gasteiger partial charge >= 0.3 is 0 Å². The zero-order chi connectivity index (χ0) is 21.5. The van der Waals surface area contributed by atoms with E-state index in [9.17, 15) is 9.59 Å². The molecule has 7 heteroatoms. The summed E-state index contributed by atoms with van der Waals surface area (Å²) in [6, 6.07) is 8.89. The fourth-order valence-corrected chi connectivity index (χ4v) is 4.83. The predicted molar refractivity (Wildman–Crippen MR) is 123 cm³/mol. The number of likely N-dealkylation sites (tertiary alicyclic amines) is 2. The zero-order valence-electron chi connectivity index (χ0n) is 18.1. The summed E-state index contributed by atoms with van der Waals surface area (Å²) in [6.07, 6.45) is 4.88. The molecule has 6 nitrogen and oxygen atoms in total. The Hall–Kier alpha value is -2.15. The minimum absolute atomic E-state index is 0.0687. The Morgan fingerprint density at radius 2 is 1.80 bits per heavy atom. The molecular formula is C23H34N4O2S. The van der Waals surface area contributed by atoms with E-state index >= 15 is 0 Å². The predicted octanol–water partition coefficient (Wildman–Crippen LogP) is 2.79. The minimum Gasteiger partial charge on any atom is -0.363 e. The van der Waals surface area contributed by atoms with Crippen molar-refractivity contribution >= 4 is 29.1 Å². The standard InChI is InChI=1S/C23H34N4O2S/c1-3-24-23(30)26-15-12-18(13-16-26)20(22(29)27-14-8-7-9-17(27)2)25-21(28)19-10-5-4-6-11-19/h4-6,10-11,17-18,20H,3,7-9,12-16H2,1-2H3,(H,24,30)(H,25,28)/t17-,20+/m1/s1. The van der Waals surface area contributed by atoms with Gasteiger partial charge in [-0.25, -0.2) is 0 Å². The molecule has 0 radical (unpaired) electrons. The lowest BCUT2D eigenvalue weighted by Gasteiger charge is -2.41. The molecule has 2 fully saturated rings. The minimum atomic E-state index is -0.492. The average Bonchev–Trinajstić information content (AvgIpc) is 2.78. The summed E-state index contributed by atoms with van der Waals surface area (Å²) in [5, 5.41) is 7.07. The van der Waals surface area contributed by atoms with Gasteiger partial charge in [0.1, 0.15) is 6.04 Å². The summed E-state index contributed by atoms with van der Waals surface area (Å²) in [5.41, 5.74) is 0.591. The number of benzene rings is 1. The molecule has 0 spiro atoms. The first-order valence-electron chi connectivity index (χ1n) is 11.2. The van der Waals surface area contributed by atoms with Crippen LogP contribution < -0.4 is 10.6 Å². The maximum absolute atomic E-state index is 13.6. The van der Waals surface area contributed by atoms with Crippen LogP contribution >= 0.6 is 12.2 Å². The Labute approximate surface area is 185 Å². The molecule has 0 aromatic heterocycles. The van der Waals surface area contributed by atoms with Crippen molar-refractivity contribution in [3.63, 3.8) is 0 Å². The lowest BCUT2D eigenvalue weighted by molar-refractivity contribution is -0.138. The molecule has 30 heavy (non-hydrogen) atoms. The topological polar surface area (TPSA) is 64.7 Å². The van der Waals surface area contributed by atoms with Crippen LogP contribution in [0.1, 0.15) is 56.3 Å². The molecule has 0 saturated carbocycles. The number of piperidine rings is 2. The molecule has 2 amide bonds. The van der Waals surface area contributed by atoms with Crippen LogP contribution in [0.15, 0.2) is 30.3 Å². The monoisotopic (exact) mass is 430 g/mol. The van der Waals surface area contributed by atoms with E-state index in [-0.39, 0.29) is 23.8 Å². The SMILES string of the molecule is CCNC(=S)N1CCC([C@H](NC(=O)c2ccccc2)C(=O)N2CCCC[C@H]2C)CC1. The third-order valence-electron chi connectivity index (χ3n) is 6.30. The van der Waals surface area contributed by atoms with Gasteiger partial charge in [-0.05, 0) is 76.2 Å². The average molecular weight is 431 g/mol. The van der Waals surface area contributed by atoms with E-state index in [1.54, 1.807) is 12.1 Å². The molecule has 2 N–H and O–H groups in total. The Balaban J connectivity index is 1.73. The molecule has 2 heterocycles. The second-order valence-electron chi connectivity index (χ2n) is 8.35. The lowest BCUT2D eigenvalue weighted by Crippen LogP contribution is -2.57. The second-order valence-corrected chi connectivity index (χ2v) is 8.74. The van der Waals surface area contributed by atoms with Crippen molar-refractivity contribution in [1.29, 1.82) is 0 Å². The largest absolute Gasteiger partial charge is 0.363 e. The molecule has 0 aliphatic carbocycles.